The molecule has 4 N–H and O–H groups in total. The van der Waals surface area contributed by atoms with Crippen LogP contribution in [0, 0.1) is 0 Å². The second kappa shape index (κ2) is 6.93. The Hall–Kier alpha value is -1.18. The van der Waals surface area contributed by atoms with E-state index in [1.54, 1.807) is 0 Å². The fourth-order valence-corrected chi connectivity index (χ4v) is 2.68. The van der Waals surface area contributed by atoms with Crippen molar-refractivity contribution in [2.75, 3.05) is 42.7 Å². The van der Waals surface area contributed by atoms with Crippen LogP contribution in [0.2, 0.25) is 0 Å². The summed E-state index contributed by atoms with van der Waals surface area (Å²) in [5, 5.41) is 6.67. The van der Waals surface area contributed by atoms with Gasteiger partial charge in [0.2, 0.25) is 11.7 Å². The van der Waals surface area contributed by atoms with Gasteiger partial charge in [-0.2, -0.15) is 9.97 Å². The summed E-state index contributed by atoms with van der Waals surface area (Å²) >= 11 is 0. The lowest BCUT2D eigenvalue weighted by Crippen LogP contribution is -2.42. The van der Waals surface area contributed by atoms with Gasteiger partial charge < -0.3 is 26.0 Å². The van der Waals surface area contributed by atoms with Crippen LogP contribution in [0.5, 0.6) is 5.75 Å². The summed E-state index contributed by atoms with van der Waals surface area (Å²) in [5.74, 6) is 2.49. The zero-order chi connectivity index (χ0) is 14.3. The third kappa shape index (κ3) is 3.59. The lowest BCUT2D eigenvalue weighted by molar-refractivity contribution is 0.240. The fourth-order valence-electron chi connectivity index (χ4n) is 2.68. The monoisotopic (exact) mass is 350 g/mol. The molecule has 2 aliphatic rings. The Morgan fingerprint density at radius 1 is 1.36 bits per heavy atom. The van der Waals surface area contributed by atoms with E-state index in [0.29, 0.717) is 18.5 Å². The van der Waals surface area contributed by atoms with Crippen molar-refractivity contribution in [3.05, 3.63) is 0 Å². The van der Waals surface area contributed by atoms with Gasteiger partial charge in [-0.3, -0.25) is 0 Å². The Kier molecular flexibility index (Phi) is 5.95. The van der Waals surface area contributed by atoms with E-state index in [-0.39, 0.29) is 36.3 Å². The number of nitrogen functional groups attached to an aromatic ring is 1. The first-order valence-electron chi connectivity index (χ1n) is 6.99. The van der Waals surface area contributed by atoms with E-state index in [4.69, 9.17) is 10.5 Å². The van der Waals surface area contributed by atoms with Crippen molar-refractivity contribution in [1.82, 2.24) is 15.3 Å². The van der Waals surface area contributed by atoms with E-state index >= 15 is 0 Å². The van der Waals surface area contributed by atoms with Gasteiger partial charge >= 0.3 is 0 Å². The van der Waals surface area contributed by atoms with E-state index < -0.39 is 0 Å². The number of rotatable bonds is 2. The lowest BCUT2D eigenvalue weighted by atomic mass is 10.1. The third-order valence-electron chi connectivity index (χ3n) is 3.80. The molecular formula is C13H24Cl2N6O. The molecular weight excluding hydrogens is 327 g/mol. The summed E-state index contributed by atoms with van der Waals surface area (Å²) in [7, 11) is 1.98. The first-order valence-corrected chi connectivity index (χ1v) is 6.99. The Morgan fingerprint density at radius 2 is 2.09 bits per heavy atom. The maximum absolute atomic E-state index is 5.90. The number of hydrogen-bond acceptors (Lipinski definition) is 7. The molecule has 0 spiro atoms. The van der Waals surface area contributed by atoms with Gasteiger partial charge in [0.15, 0.2) is 11.6 Å². The number of halogens is 2. The molecule has 1 fully saturated rings. The molecule has 22 heavy (non-hydrogen) atoms. The topological polar surface area (TPSA) is 88.3 Å². The van der Waals surface area contributed by atoms with Crippen LogP contribution in [0.15, 0.2) is 0 Å². The molecule has 1 saturated heterocycles. The molecule has 0 amide bonds. The second-order valence-electron chi connectivity index (χ2n) is 6.10. The van der Waals surface area contributed by atoms with Crippen LogP contribution in [0.4, 0.5) is 17.6 Å². The van der Waals surface area contributed by atoms with Gasteiger partial charge in [-0.1, -0.05) is 0 Å². The normalized spacial score (nSPS) is 21.8. The molecule has 0 radical (unpaired) electrons. The smallest absolute Gasteiger partial charge is 0.224 e. The highest BCUT2D eigenvalue weighted by molar-refractivity contribution is 5.85. The summed E-state index contributed by atoms with van der Waals surface area (Å²) in [5.41, 5.74) is 5.70. The van der Waals surface area contributed by atoms with Crippen LogP contribution in [0.3, 0.4) is 0 Å². The zero-order valence-corrected chi connectivity index (χ0v) is 14.7. The van der Waals surface area contributed by atoms with Crippen LogP contribution in [0.25, 0.3) is 0 Å². The van der Waals surface area contributed by atoms with Gasteiger partial charge in [0.05, 0.1) is 5.54 Å². The van der Waals surface area contributed by atoms with Crippen LogP contribution in [-0.2, 0) is 0 Å². The fraction of sp³-hybridized carbons (Fsp3) is 0.692. The molecule has 9 heteroatoms. The van der Waals surface area contributed by atoms with Crippen molar-refractivity contribution in [2.24, 2.45) is 0 Å². The third-order valence-corrected chi connectivity index (χ3v) is 3.80. The minimum Gasteiger partial charge on any atom is -0.484 e. The van der Waals surface area contributed by atoms with Crippen LogP contribution < -0.4 is 26.0 Å². The highest BCUT2D eigenvalue weighted by Crippen LogP contribution is 2.39. The van der Waals surface area contributed by atoms with E-state index in [2.05, 4.69) is 39.3 Å². The number of anilines is 3. The average Bonchev–Trinajstić information content (AvgIpc) is 2.84. The number of nitrogens with two attached hydrogens (primary N) is 1. The quantitative estimate of drug-likeness (QED) is 0.740. The molecule has 1 aromatic heterocycles. The highest BCUT2D eigenvalue weighted by Gasteiger charge is 2.33. The van der Waals surface area contributed by atoms with Gasteiger partial charge in [-0.25, -0.2) is 0 Å². The molecule has 3 heterocycles. The van der Waals surface area contributed by atoms with Crippen molar-refractivity contribution in [1.29, 1.82) is 0 Å². The molecule has 3 rings (SSSR count). The van der Waals surface area contributed by atoms with Gasteiger partial charge in [0.1, 0.15) is 6.61 Å². The molecule has 0 aliphatic carbocycles. The summed E-state index contributed by atoms with van der Waals surface area (Å²) in [6, 6.07) is 0.481. The Labute approximate surface area is 143 Å². The van der Waals surface area contributed by atoms with Gasteiger partial charge in [0.25, 0.3) is 0 Å². The van der Waals surface area contributed by atoms with Crippen LogP contribution in [-0.4, -0.2) is 48.3 Å². The largest absolute Gasteiger partial charge is 0.484 e. The second-order valence-corrected chi connectivity index (χ2v) is 6.10. The van der Waals surface area contributed by atoms with Gasteiger partial charge in [-0.15, -0.1) is 24.8 Å². The molecule has 0 aromatic carbocycles. The number of nitrogens with zero attached hydrogens (tertiary/aromatic N) is 3. The molecule has 7 nitrogen and oxygen atoms in total. The van der Waals surface area contributed by atoms with E-state index in [1.807, 2.05) is 7.05 Å². The summed E-state index contributed by atoms with van der Waals surface area (Å²) < 4.78 is 5.90. The number of ether oxygens (including phenoxy) is 1. The standard InChI is InChI=1S/C13H22N6O.2ClH/c1-13(2)7-20-9-10(18-13)16-12(14)17-11(9)19-5-4-8(6-19)15-3;;/h8,15H,4-7H2,1-3H3,(H3,14,16,17,18);2*1H/t8-;;/m1../s1. The van der Waals surface area contributed by atoms with Crippen molar-refractivity contribution in [3.63, 3.8) is 0 Å². The maximum atomic E-state index is 5.90. The van der Waals surface area contributed by atoms with E-state index in [0.717, 1.165) is 31.1 Å². The Balaban J connectivity index is 0.00000121. The summed E-state index contributed by atoms with van der Waals surface area (Å²) in [6.07, 6.45) is 1.09. The van der Waals surface area contributed by atoms with Crippen molar-refractivity contribution >= 4 is 42.4 Å². The van der Waals surface area contributed by atoms with Crippen molar-refractivity contribution in [2.45, 2.75) is 31.8 Å². The number of hydrogen-bond donors (Lipinski definition) is 3. The molecule has 126 valence electrons. The number of fused-ring (bicyclic) bond motifs is 1. The molecule has 0 bridgehead atoms. The summed E-state index contributed by atoms with van der Waals surface area (Å²) in [4.78, 5) is 10.9. The number of likely N-dealkylation sites (N-methyl/N-ethyl adjacent to an activating group) is 1. The molecule has 2 aliphatic heterocycles. The van der Waals surface area contributed by atoms with E-state index in [9.17, 15) is 0 Å². The minimum absolute atomic E-state index is 0. The summed E-state index contributed by atoms with van der Waals surface area (Å²) in [6.45, 7) is 6.58. The first-order chi connectivity index (χ1) is 9.48. The van der Waals surface area contributed by atoms with Crippen molar-refractivity contribution < 1.29 is 4.74 Å². The Morgan fingerprint density at radius 3 is 2.73 bits per heavy atom. The van der Waals surface area contributed by atoms with Gasteiger partial charge in [-0.05, 0) is 27.3 Å². The average molecular weight is 351 g/mol. The maximum Gasteiger partial charge on any atom is 0.224 e. The van der Waals surface area contributed by atoms with Crippen LogP contribution in [0.1, 0.15) is 20.3 Å². The molecule has 1 atom stereocenters. The molecule has 1 aromatic rings. The van der Waals surface area contributed by atoms with Gasteiger partial charge in [0, 0.05) is 19.1 Å². The zero-order valence-electron chi connectivity index (χ0n) is 13.0. The number of nitrogens with one attached hydrogen (secondary N) is 2. The van der Waals surface area contributed by atoms with Crippen molar-refractivity contribution in [3.8, 4) is 5.75 Å². The predicted octanol–water partition coefficient (Wildman–Crippen LogP) is 1.28. The first kappa shape index (κ1) is 18.9. The Bertz CT molecular complexity index is 527. The lowest BCUT2D eigenvalue weighted by Gasteiger charge is -2.34. The molecule has 0 saturated carbocycles. The predicted molar refractivity (Wildman–Crippen MR) is 93.8 cm³/mol. The highest BCUT2D eigenvalue weighted by atomic mass is 35.5. The molecule has 0 unspecified atom stereocenters. The number of aromatic nitrogens is 2. The SMILES string of the molecule is CN[C@@H]1CCN(c2nc(N)nc3c2OCC(C)(C)N3)C1.Cl.Cl. The van der Waals surface area contributed by atoms with Crippen LogP contribution >= 0.6 is 24.8 Å². The minimum atomic E-state index is -0.149. The van der Waals surface area contributed by atoms with E-state index in [1.165, 1.54) is 0 Å².